The van der Waals surface area contributed by atoms with Crippen molar-refractivity contribution in [2.24, 2.45) is 0 Å². The van der Waals surface area contributed by atoms with Crippen LogP contribution in [0.3, 0.4) is 0 Å². The molecule has 34 heavy (non-hydrogen) atoms. The van der Waals surface area contributed by atoms with Gasteiger partial charge in [0.25, 0.3) is 0 Å². The molecule has 3 aromatic carbocycles. The largest absolute Gasteiger partial charge is 0.426 e. The van der Waals surface area contributed by atoms with Crippen LogP contribution < -0.4 is 9.05 Å². The maximum absolute atomic E-state index is 6.07. The van der Waals surface area contributed by atoms with Crippen molar-refractivity contribution in [3.05, 3.63) is 93.0 Å². The van der Waals surface area contributed by atoms with Crippen LogP contribution in [0.2, 0.25) is 0 Å². The standard InChI is InChI=1S/C26H28O6P2/c1-17-5-7-19(3)25(9-17)31-33-27-13-21-11-23-15-29-34(30-16-24(23)12-22(21)14-28-33)32-26-10-18(2)6-8-20(26)4/h5-12H,13-16H2,1-4H3. The molecule has 0 saturated carbocycles. The topological polar surface area (TPSA) is 55.4 Å². The molecular weight excluding hydrogens is 470 g/mol. The van der Waals surface area contributed by atoms with Gasteiger partial charge >= 0.3 is 17.2 Å². The molecule has 3 aromatic rings. The van der Waals surface area contributed by atoms with Crippen LogP contribution in [0.4, 0.5) is 0 Å². The van der Waals surface area contributed by atoms with Gasteiger partial charge < -0.3 is 9.05 Å². The minimum atomic E-state index is -1.49. The summed E-state index contributed by atoms with van der Waals surface area (Å²) in [6.07, 6.45) is 0. The molecule has 2 aliphatic heterocycles. The molecule has 0 unspecified atom stereocenters. The average Bonchev–Trinajstić information content (AvgIpc) is 3.13. The Balaban J connectivity index is 1.25. The first kappa shape index (κ1) is 23.7. The summed E-state index contributed by atoms with van der Waals surface area (Å²) in [4.78, 5) is 0. The fourth-order valence-electron chi connectivity index (χ4n) is 3.77. The Morgan fingerprint density at radius 3 is 1.24 bits per heavy atom. The van der Waals surface area contributed by atoms with E-state index in [1.54, 1.807) is 0 Å². The third-order valence-electron chi connectivity index (χ3n) is 5.86. The van der Waals surface area contributed by atoms with Crippen LogP contribution >= 0.6 is 17.2 Å². The number of rotatable bonds is 4. The number of hydrogen-bond donors (Lipinski definition) is 0. The first-order valence-corrected chi connectivity index (χ1v) is 13.4. The van der Waals surface area contributed by atoms with Gasteiger partial charge in [0.05, 0.1) is 26.4 Å². The monoisotopic (exact) mass is 498 g/mol. The summed E-state index contributed by atoms with van der Waals surface area (Å²) in [5.41, 5.74) is 8.72. The molecule has 8 heteroatoms. The van der Waals surface area contributed by atoms with E-state index < -0.39 is 17.2 Å². The van der Waals surface area contributed by atoms with Crippen LogP contribution in [0.25, 0.3) is 0 Å². The Bertz CT molecular complexity index is 1070. The van der Waals surface area contributed by atoms with Crippen LogP contribution in [-0.4, -0.2) is 0 Å². The summed E-state index contributed by atoms with van der Waals surface area (Å²) in [5.74, 6) is 1.60. The highest BCUT2D eigenvalue weighted by Gasteiger charge is 2.26. The molecule has 0 bridgehead atoms. The van der Waals surface area contributed by atoms with Crippen molar-refractivity contribution in [2.75, 3.05) is 0 Å². The van der Waals surface area contributed by atoms with Crippen LogP contribution in [0.5, 0.6) is 11.5 Å². The molecule has 0 N–H and O–H groups in total. The summed E-state index contributed by atoms with van der Waals surface area (Å²) >= 11 is 0. The molecule has 2 aliphatic rings. The molecule has 6 nitrogen and oxygen atoms in total. The van der Waals surface area contributed by atoms with Gasteiger partial charge in [-0.15, -0.1) is 0 Å². The fourth-order valence-corrected chi connectivity index (χ4v) is 5.82. The first-order chi connectivity index (χ1) is 16.4. The molecule has 0 saturated heterocycles. The molecule has 178 valence electrons. The summed E-state index contributed by atoms with van der Waals surface area (Å²) in [7, 11) is -2.98. The SMILES string of the molecule is Cc1ccc(C)c(OP2OCc3cc4c(cc3CO2)COP(Oc2cc(C)ccc2C)OC4)c1. The quantitative estimate of drug-likeness (QED) is 0.345. The maximum atomic E-state index is 6.07. The summed E-state index contributed by atoms with van der Waals surface area (Å²) in [6, 6.07) is 16.5. The van der Waals surface area contributed by atoms with E-state index in [1.165, 1.54) is 0 Å². The van der Waals surface area contributed by atoms with E-state index in [0.29, 0.717) is 26.4 Å². The van der Waals surface area contributed by atoms with Crippen molar-refractivity contribution in [3.8, 4) is 11.5 Å². The highest BCUT2D eigenvalue weighted by Crippen LogP contribution is 2.48. The smallest absolute Gasteiger partial charge is 0.397 e. The summed E-state index contributed by atoms with van der Waals surface area (Å²) < 4.78 is 36.1. The van der Waals surface area contributed by atoms with Crippen LogP contribution in [0.15, 0.2) is 48.5 Å². The lowest BCUT2D eigenvalue weighted by Crippen LogP contribution is -2.00. The third-order valence-corrected chi connectivity index (χ3v) is 7.91. The Morgan fingerprint density at radius 1 is 0.529 bits per heavy atom. The van der Waals surface area contributed by atoms with Crippen LogP contribution in [0.1, 0.15) is 44.5 Å². The maximum Gasteiger partial charge on any atom is 0.397 e. The number of benzene rings is 3. The second-order valence-electron chi connectivity index (χ2n) is 8.65. The molecule has 0 aromatic heterocycles. The van der Waals surface area contributed by atoms with Crippen LogP contribution in [-0.2, 0) is 44.5 Å². The molecule has 0 atom stereocenters. The second-order valence-corrected chi connectivity index (χ2v) is 10.9. The van der Waals surface area contributed by atoms with E-state index in [1.807, 2.05) is 52.0 Å². The van der Waals surface area contributed by atoms with Crippen molar-refractivity contribution in [1.29, 1.82) is 0 Å². The molecule has 5 rings (SSSR count). The lowest BCUT2D eigenvalue weighted by atomic mass is 9.99. The van der Waals surface area contributed by atoms with Gasteiger partial charge in [-0.3, -0.25) is 18.1 Å². The number of fused-ring (bicyclic) bond motifs is 2. The van der Waals surface area contributed by atoms with Gasteiger partial charge in [-0.2, -0.15) is 0 Å². The minimum absolute atomic E-state index is 0.424. The first-order valence-electron chi connectivity index (χ1n) is 11.2. The predicted molar refractivity (Wildman–Crippen MR) is 133 cm³/mol. The third kappa shape index (κ3) is 5.44. The van der Waals surface area contributed by atoms with Crippen molar-refractivity contribution < 1.29 is 27.1 Å². The van der Waals surface area contributed by atoms with Gasteiger partial charge in [-0.25, -0.2) is 0 Å². The Kier molecular flexibility index (Phi) is 7.17. The molecule has 0 spiro atoms. The van der Waals surface area contributed by atoms with E-state index >= 15 is 0 Å². The molecular formula is C26H28O6P2. The lowest BCUT2D eigenvalue weighted by Gasteiger charge is -2.16. The zero-order chi connectivity index (χ0) is 23.7. The van der Waals surface area contributed by atoms with Gasteiger partial charge in [0.1, 0.15) is 11.5 Å². The Labute approximate surface area is 203 Å². The summed E-state index contributed by atoms with van der Waals surface area (Å²) in [5, 5.41) is 0. The van der Waals surface area contributed by atoms with Gasteiger partial charge in [0, 0.05) is 0 Å². The van der Waals surface area contributed by atoms with Gasteiger partial charge in [0.15, 0.2) is 0 Å². The molecule has 0 radical (unpaired) electrons. The number of hydrogen-bond acceptors (Lipinski definition) is 6. The molecule has 0 fully saturated rings. The van der Waals surface area contributed by atoms with E-state index in [0.717, 1.165) is 56.0 Å². The van der Waals surface area contributed by atoms with Gasteiger partial charge in [0.2, 0.25) is 0 Å². The highest BCUT2D eigenvalue weighted by atomic mass is 31.2. The van der Waals surface area contributed by atoms with Crippen LogP contribution in [0, 0.1) is 27.7 Å². The van der Waals surface area contributed by atoms with Crippen molar-refractivity contribution >= 4 is 17.2 Å². The normalized spacial score (nSPS) is 16.8. The van der Waals surface area contributed by atoms with E-state index in [-0.39, 0.29) is 0 Å². The van der Waals surface area contributed by atoms with E-state index in [4.69, 9.17) is 27.1 Å². The molecule has 0 aliphatic carbocycles. The van der Waals surface area contributed by atoms with Gasteiger partial charge in [-0.05, 0) is 84.3 Å². The summed E-state index contributed by atoms with van der Waals surface area (Å²) in [6.45, 7) is 9.82. The molecule has 2 heterocycles. The van der Waals surface area contributed by atoms with E-state index in [2.05, 4.69) is 24.3 Å². The Morgan fingerprint density at radius 2 is 0.882 bits per heavy atom. The molecule has 0 amide bonds. The highest BCUT2D eigenvalue weighted by molar-refractivity contribution is 7.42. The zero-order valence-corrected chi connectivity index (χ0v) is 21.6. The number of aryl methyl sites for hydroxylation is 4. The Hall–Kier alpha value is -2.04. The zero-order valence-electron chi connectivity index (χ0n) is 19.8. The fraction of sp³-hybridized carbons (Fsp3) is 0.308. The predicted octanol–water partition coefficient (Wildman–Crippen LogP) is 7.63. The second kappa shape index (κ2) is 10.3. The minimum Gasteiger partial charge on any atom is -0.426 e. The lowest BCUT2D eigenvalue weighted by molar-refractivity contribution is 0.206. The van der Waals surface area contributed by atoms with Crippen molar-refractivity contribution in [1.82, 2.24) is 0 Å². The van der Waals surface area contributed by atoms with Crippen molar-refractivity contribution in [2.45, 2.75) is 54.1 Å². The van der Waals surface area contributed by atoms with Gasteiger partial charge in [-0.1, -0.05) is 36.4 Å². The van der Waals surface area contributed by atoms with Crippen molar-refractivity contribution in [3.63, 3.8) is 0 Å². The average molecular weight is 498 g/mol. The van der Waals surface area contributed by atoms with E-state index in [9.17, 15) is 0 Å².